The maximum atomic E-state index is 13.5. The summed E-state index contributed by atoms with van der Waals surface area (Å²) >= 11 is 6.15. The minimum absolute atomic E-state index is 0.366. The predicted molar refractivity (Wildman–Crippen MR) is 80.1 cm³/mol. The summed E-state index contributed by atoms with van der Waals surface area (Å²) in [5, 5.41) is 0.443. The molecule has 0 bridgehead atoms. The maximum absolute atomic E-state index is 13.5. The number of hydrogen-bond donors (Lipinski definition) is 2. The molecule has 1 heterocycles. The van der Waals surface area contributed by atoms with E-state index in [1.54, 1.807) is 12.4 Å². The lowest BCUT2D eigenvalue weighted by molar-refractivity contribution is 0.605. The van der Waals surface area contributed by atoms with Crippen molar-refractivity contribution in [1.29, 1.82) is 0 Å². The molecule has 0 fully saturated rings. The molecule has 0 radical (unpaired) electrons. The zero-order chi connectivity index (χ0) is 14.8. The van der Waals surface area contributed by atoms with Crippen molar-refractivity contribution in [2.45, 2.75) is 6.04 Å². The van der Waals surface area contributed by atoms with Crippen LogP contribution in [-0.2, 0) is 0 Å². The topological polar surface area (TPSA) is 63.8 Å². The van der Waals surface area contributed by atoms with Gasteiger partial charge >= 0.3 is 0 Å². The number of hydrogen-bond acceptors (Lipinski definition) is 4. The fourth-order valence-corrected chi connectivity index (χ4v) is 2.49. The molecule has 2 aromatic carbocycles. The lowest BCUT2D eigenvalue weighted by atomic mass is 9.98. The molecule has 0 aliphatic carbocycles. The molecule has 4 nitrogen and oxygen atoms in total. The molecule has 0 amide bonds. The third kappa shape index (κ3) is 2.71. The number of fused-ring (bicyclic) bond motifs is 1. The fraction of sp³-hybridized carbons (Fsp3) is 0.0667. The molecule has 1 aromatic heterocycles. The Kier molecular flexibility index (Phi) is 3.79. The van der Waals surface area contributed by atoms with E-state index in [4.69, 9.17) is 17.4 Å². The first-order valence-corrected chi connectivity index (χ1v) is 6.68. The minimum Gasteiger partial charge on any atom is -0.271 e. The van der Waals surface area contributed by atoms with Crippen molar-refractivity contribution < 1.29 is 4.39 Å². The highest BCUT2D eigenvalue weighted by Gasteiger charge is 2.17. The van der Waals surface area contributed by atoms with E-state index in [0.717, 1.165) is 16.6 Å². The summed E-state index contributed by atoms with van der Waals surface area (Å²) in [4.78, 5) is 8.47. The molecule has 1 atom stereocenters. The summed E-state index contributed by atoms with van der Waals surface area (Å²) in [6, 6.07) is 9.32. The predicted octanol–water partition coefficient (Wildman–Crippen LogP) is 2.98. The third-order valence-electron chi connectivity index (χ3n) is 3.26. The molecule has 21 heavy (non-hydrogen) atoms. The number of nitrogens with two attached hydrogens (primary N) is 1. The van der Waals surface area contributed by atoms with Gasteiger partial charge in [-0.05, 0) is 41.5 Å². The van der Waals surface area contributed by atoms with Crippen LogP contribution in [0.5, 0.6) is 0 Å². The van der Waals surface area contributed by atoms with Crippen molar-refractivity contribution in [1.82, 2.24) is 15.4 Å². The summed E-state index contributed by atoms with van der Waals surface area (Å²) < 4.78 is 13.5. The average Bonchev–Trinajstić information content (AvgIpc) is 2.51. The molecule has 1 unspecified atom stereocenters. The van der Waals surface area contributed by atoms with E-state index in [1.807, 2.05) is 18.2 Å². The first kappa shape index (κ1) is 13.9. The number of halogens is 2. The van der Waals surface area contributed by atoms with Gasteiger partial charge in [-0.2, -0.15) is 0 Å². The Balaban J connectivity index is 2.11. The SMILES string of the molecule is NNC(c1ccc2nccnc2c1)c1cc(F)ccc1Cl. The second-order valence-electron chi connectivity index (χ2n) is 4.57. The van der Waals surface area contributed by atoms with Crippen molar-refractivity contribution in [3.05, 3.63) is 70.8 Å². The molecule has 0 aliphatic rings. The van der Waals surface area contributed by atoms with Crippen molar-refractivity contribution in [2.24, 2.45) is 5.84 Å². The smallest absolute Gasteiger partial charge is 0.123 e. The van der Waals surface area contributed by atoms with Crippen LogP contribution in [0.3, 0.4) is 0 Å². The van der Waals surface area contributed by atoms with Gasteiger partial charge in [0.1, 0.15) is 5.82 Å². The van der Waals surface area contributed by atoms with Crippen LogP contribution < -0.4 is 11.3 Å². The Labute approximate surface area is 125 Å². The van der Waals surface area contributed by atoms with E-state index in [9.17, 15) is 4.39 Å². The lowest BCUT2D eigenvalue weighted by Crippen LogP contribution is -2.29. The van der Waals surface area contributed by atoms with Gasteiger partial charge in [0, 0.05) is 17.4 Å². The molecule has 0 aliphatic heterocycles. The van der Waals surface area contributed by atoms with Crippen molar-refractivity contribution in [3.8, 4) is 0 Å². The number of nitrogens with one attached hydrogen (secondary N) is 1. The molecule has 3 rings (SSSR count). The lowest BCUT2D eigenvalue weighted by Gasteiger charge is -2.18. The van der Waals surface area contributed by atoms with Crippen LogP contribution in [0.1, 0.15) is 17.2 Å². The van der Waals surface area contributed by atoms with Crippen LogP contribution in [-0.4, -0.2) is 9.97 Å². The van der Waals surface area contributed by atoms with Gasteiger partial charge in [-0.25, -0.2) is 9.82 Å². The summed E-state index contributed by atoms with van der Waals surface area (Å²) in [5.41, 5.74) is 5.59. The van der Waals surface area contributed by atoms with Crippen molar-refractivity contribution in [3.63, 3.8) is 0 Å². The number of hydrazine groups is 1. The Morgan fingerprint density at radius 2 is 1.81 bits per heavy atom. The van der Waals surface area contributed by atoms with Gasteiger partial charge in [-0.1, -0.05) is 17.7 Å². The van der Waals surface area contributed by atoms with E-state index in [-0.39, 0.29) is 5.82 Å². The summed E-state index contributed by atoms with van der Waals surface area (Å²) in [7, 11) is 0. The van der Waals surface area contributed by atoms with Crippen LogP contribution >= 0.6 is 11.6 Å². The molecule has 106 valence electrons. The second kappa shape index (κ2) is 5.73. The molecular formula is C15H12ClFN4. The van der Waals surface area contributed by atoms with Gasteiger partial charge in [0.25, 0.3) is 0 Å². The number of benzene rings is 2. The zero-order valence-corrected chi connectivity index (χ0v) is 11.7. The summed E-state index contributed by atoms with van der Waals surface area (Å²) in [5.74, 6) is 5.27. The van der Waals surface area contributed by atoms with Crippen molar-refractivity contribution >= 4 is 22.6 Å². The van der Waals surface area contributed by atoms with E-state index < -0.39 is 6.04 Å². The number of rotatable bonds is 3. The van der Waals surface area contributed by atoms with E-state index in [2.05, 4.69) is 15.4 Å². The van der Waals surface area contributed by atoms with Crippen LogP contribution in [0.4, 0.5) is 4.39 Å². The zero-order valence-electron chi connectivity index (χ0n) is 10.9. The van der Waals surface area contributed by atoms with Gasteiger partial charge in [-0.3, -0.25) is 15.8 Å². The molecule has 0 saturated carbocycles. The third-order valence-corrected chi connectivity index (χ3v) is 3.61. The second-order valence-corrected chi connectivity index (χ2v) is 4.98. The van der Waals surface area contributed by atoms with E-state index >= 15 is 0 Å². The molecule has 6 heteroatoms. The highest BCUT2D eigenvalue weighted by Crippen LogP contribution is 2.29. The summed E-state index contributed by atoms with van der Waals surface area (Å²) in [6.07, 6.45) is 3.25. The van der Waals surface area contributed by atoms with Gasteiger partial charge in [-0.15, -0.1) is 0 Å². The molecular weight excluding hydrogens is 291 g/mol. The Bertz CT molecular complexity index is 793. The Morgan fingerprint density at radius 3 is 2.57 bits per heavy atom. The van der Waals surface area contributed by atoms with Gasteiger partial charge < -0.3 is 0 Å². The molecule has 3 N–H and O–H groups in total. The average molecular weight is 303 g/mol. The molecule has 3 aromatic rings. The number of aromatic nitrogens is 2. The summed E-state index contributed by atoms with van der Waals surface area (Å²) in [6.45, 7) is 0. The van der Waals surface area contributed by atoms with Gasteiger partial charge in [0.05, 0.1) is 17.1 Å². The van der Waals surface area contributed by atoms with Crippen LogP contribution in [0.15, 0.2) is 48.8 Å². The maximum Gasteiger partial charge on any atom is 0.123 e. The monoisotopic (exact) mass is 302 g/mol. The standard InChI is InChI=1S/C15H12ClFN4/c16-12-3-2-10(17)8-11(12)15(21-18)9-1-4-13-14(7-9)20-6-5-19-13/h1-8,15,21H,18H2. The Morgan fingerprint density at radius 1 is 1.05 bits per heavy atom. The quantitative estimate of drug-likeness (QED) is 0.577. The molecule has 0 saturated heterocycles. The number of nitrogens with zero attached hydrogens (tertiary/aromatic N) is 2. The van der Waals surface area contributed by atoms with Crippen molar-refractivity contribution in [2.75, 3.05) is 0 Å². The Hall–Kier alpha value is -2.08. The minimum atomic E-state index is -0.431. The highest BCUT2D eigenvalue weighted by molar-refractivity contribution is 6.31. The van der Waals surface area contributed by atoms with Crippen LogP contribution in [0.2, 0.25) is 5.02 Å². The first-order valence-electron chi connectivity index (χ1n) is 6.31. The van der Waals surface area contributed by atoms with Gasteiger partial charge in [0.15, 0.2) is 0 Å². The fourth-order valence-electron chi connectivity index (χ4n) is 2.26. The normalized spacial score (nSPS) is 12.5. The van der Waals surface area contributed by atoms with Crippen LogP contribution in [0.25, 0.3) is 11.0 Å². The highest BCUT2D eigenvalue weighted by atomic mass is 35.5. The van der Waals surface area contributed by atoms with E-state index in [1.165, 1.54) is 18.2 Å². The molecule has 0 spiro atoms. The van der Waals surface area contributed by atoms with E-state index in [0.29, 0.717) is 10.6 Å². The van der Waals surface area contributed by atoms with Crippen LogP contribution in [0, 0.1) is 5.82 Å². The first-order chi connectivity index (χ1) is 10.2. The largest absolute Gasteiger partial charge is 0.271 e. The van der Waals surface area contributed by atoms with Gasteiger partial charge in [0.2, 0.25) is 0 Å².